The van der Waals surface area contributed by atoms with Crippen LogP contribution in [0, 0.1) is 22.7 Å². The number of nitrogens with zero attached hydrogens (tertiary/aromatic N) is 2. The lowest BCUT2D eigenvalue weighted by Gasteiger charge is -2.27. The van der Waals surface area contributed by atoms with Crippen LogP contribution in [-0.2, 0) is 129 Å². The van der Waals surface area contributed by atoms with Gasteiger partial charge in [-0.1, -0.05) is 0 Å². The molecular formula is C40H40N2O16. The van der Waals surface area contributed by atoms with Crippen molar-refractivity contribution in [3.05, 3.63) is 55.6 Å². The second-order valence-electron chi connectivity index (χ2n) is 12.5. The Labute approximate surface area is 331 Å². The number of hydrogen-bond donors (Lipinski definition) is 0. The van der Waals surface area contributed by atoms with Gasteiger partial charge in [0.1, 0.15) is 65.0 Å². The summed E-state index contributed by atoms with van der Waals surface area (Å²) in [4.78, 5) is 98.3. The summed E-state index contributed by atoms with van der Waals surface area (Å²) in [7, 11) is 0. The van der Waals surface area contributed by atoms with Crippen molar-refractivity contribution in [1.29, 1.82) is 10.5 Å². The third-order valence-corrected chi connectivity index (χ3v) is 8.47. The number of carbonyl (C=O) groups excluding carboxylic acids is 8. The first-order valence-corrected chi connectivity index (χ1v) is 17.4. The van der Waals surface area contributed by atoms with E-state index in [0.717, 1.165) is 55.4 Å². The minimum atomic E-state index is -0.782. The molecule has 0 unspecified atom stereocenters. The number of ether oxygens (including phenoxy) is 8. The first-order valence-electron chi connectivity index (χ1n) is 17.4. The minimum Gasteiger partial charge on any atom is -0.461 e. The van der Waals surface area contributed by atoms with Gasteiger partial charge in [0.25, 0.3) is 0 Å². The van der Waals surface area contributed by atoms with Gasteiger partial charge in [0.15, 0.2) is 0 Å². The number of hydrogen-bond acceptors (Lipinski definition) is 18. The van der Waals surface area contributed by atoms with Crippen LogP contribution in [0.1, 0.15) is 111 Å². The van der Waals surface area contributed by atoms with E-state index in [1.165, 1.54) is 0 Å². The van der Waals surface area contributed by atoms with Gasteiger partial charge in [-0.05, 0) is 0 Å². The smallest absolute Gasteiger partial charge is 0.302 e. The van der Waals surface area contributed by atoms with Crippen LogP contribution in [0.4, 0.5) is 0 Å². The number of esters is 8. The lowest BCUT2D eigenvalue weighted by atomic mass is 9.78. The molecule has 0 heterocycles. The summed E-state index contributed by atoms with van der Waals surface area (Å²) >= 11 is 0. The van der Waals surface area contributed by atoms with Crippen molar-refractivity contribution in [2.45, 2.75) is 108 Å². The van der Waals surface area contributed by atoms with Crippen molar-refractivity contribution >= 4 is 69.3 Å². The molecule has 0 radical (unpaired) electrons. The third kappa shape index (κ3) is 11.0. The predicted molar refractivity (Wildman–Crippen MR) is 195 cm³/mol. The average molecular weight is 805 g/mol. The number of fused-ring (bicyclic) bond motifs is 2. The molecule has 0 saturated carbocycles. The Morgan fingerprint density at radius 1 is 0.310 bits per heavy atom. The lowest BCUT2D eigenvalue weighted by molar-refractivity contribution is -0.144. The molecule has 0 spiro atoms. The van der Waals surface area contributed by atoms with E-state index in [2.05, 4.69) is 12.1 Å². The molecule has 0 aliphatic heterocycles. The fourth-order valence-corrected chi connectivity index (χ4v) is 6.24. The molecule has 0 saturated heterocycles. The first-order chi connectivity index (χ1) is 27.3. The number of benzene rings is 3. The maximum Gasteiger partial charge on any atom is 0.302 e. The van der Waals surface area contributed by atoms with E-state index in [1.807, 2.05) is 0 Å². The highest BCUT2D eigenvalue weighted by Crippen LogP contribution is 2.46. The van der Waals surface area contributed by atoms with Gasteiger partial charge in [0.2, 0.25) is 0 Å². The van der Waals surface area contributed by atoms with Crippen LogP contribution >= 0.6 is 0 Å². The maximum atomic E-state index is 12.3. The van der Waals surface area contributed by atoms with Gasteiger partial charge in [0.05, 0.1) is 11.1 Å². The molecule has 0 aliphatic carbocycles. The normalized spacial score (nSPS) is 10.4. The van der Waals surface area contributed by atoms with Gasteiger partial charge >= 0.3 is 47.8 Å². The Morgan fingerprint density at radius 2 is 0.448 bits per heavy atom. The summed E-state index contributed by atoms with van der Waals surface area (Å²) in [6.07, 6.45) is 0. The van der Waals surface area contributed by atoms with Crippen molar-refractivity contribution in [1.82, 2.24) is 0 Å². The van der Waals surface area contributed by atoms with Crippen molar-refractivity contribution in [2.24, 2.45) is 0 Å². The van der Waals surface area contributed by atoms with Crippen molar-refractivity contribution in [2.75, 3.05) is 0 Å². The Hall–Kier alpha value is -7.08. The first kappa shape index (κ1) is 45.3. The molecule has 0 aromatic heterocycles. The molecule has 18 nitrogen and oxygen atoms in total. The zero-order chi connectivity index (χ0) is 43.4. The fraction of sp³-hybridized carbons (Fsp3) is 0.400. The molecule has 18 heteroatoms. The molecule has 0 fully saturated rings. The quantitative estimate of drug-likeness (QED) is 0.111. The Bertz CT molecular complexity index is 2010. The van der Waals surface area contributed by atoms with Gasteiger partial charge in [0, 0.05) is 121 Å². The summed E-state index contributed by atoms with van der Waals surface area (Å²) in [5.74, 6) is -6.17. The largest absolute Gasteiger partial charge is 0.461 e. The number of rotatable bonds is 16. The van der Waals surface area contributed by atoms with E-state index in [4.69, 9.17) is 37.9 Å². The van der Waals surface area contributed by atoms with Crippen molar-refractivity contribution in [3.8, 4) is 12.1 Å². The molecule has 0 atom stereocenters. The lowest BCUT2D eigenvalue weighted by Crippen LogP contribution is -2.18. The van der Waals surface area contributed by atoms with Crippen LogP contribution < -0.4 is 0 Å². The Kier molecular flexibility index (Phi) is 15.8. The van der Waals surface area contributed by atoms with Crippen LogP contribution in [0.25, 0.3) is 21.5 Å². The minimum absolute atomic E-state index is 0.000579. The molecule has 0 N–H and O–H groups in total. The molecule has 3 aromatic carbocycles. The summed E-state index contributed by atoms with van der Waals surface area (Å²) < 4.78 is 43.4. The number of carbonyl (C=O) groups is 8. The predicted octanol–water partition coefficient (Wildman–Crippen LogP) is 4.24. The molecule has 3 aromatic rings. The Morgan fingerprint density at radius 3 is 0.569 bits per heavy atom. The van der Waals surface area contributed by atoms with Gasteiger partial charge in [-0.25, -0.2) is 0 Å². The molecule has 0 bridgehead atoms. The van der Waals surface area contributed by atoms with Crippen molar-refractivity contribution in [3.63, 3.8) is 0 Å². The second kappa shape index (κ2) is 20.2. The summed E-state index contributed by atoms with van der Waals surface area (Å²) in [6, 6.07) is 4.27. The monoisotopic (exact) mass is 804 g/mol. The van der Waals surface area contributed by atoms with E-state index >= 15 is 0 Å². The highest BCUT2D eigenvalue weighted by atomic mass is 16.6. The highest BCUT2D eigenvalue weighted by molar-refractivity contribution is 6.15. The SMILES string of the molecule is CC(=O)OCc1c(COC(C)=O)c(COC(C)=O)c2c(C#N)c3c(COC(C)=O)c(COC(C)=O)c(COC(C)=O)c(COC(C)=O)c3c(C#N)c2c1COC(C)=O. The summed E-state index contributed by atoms with van der Waals surface area (Å²) in [6.45, 7) is 4.19. The molecule has 3 rings (SSSR count). The van der Waals surface area contributed by atoms with Crippen LogP contribution in [0.5, 0.6) is 0 Å². The summed E-state index contributed by atoms with van der Waals surface area (Å²) in [5.41, 5.74) is -0.315. The van der Waals surface area contributed by atoms with Crippen molar-refractivity contribution < 1.29 is 76.3 Å². The maximum absolute atomic E-state index is 12.3. The van der Waals surface area contributed by atoms with Crippen LogP contribution in [-0.4, -0.2) is 47.8 Å². The van der Waals surface area contributed by atoms with Crippen LogP contribution in [0.15, 0.2) is 0 Å². The van der Waals surface area contributed by atoms with Gasteiger partial charge in [-0.3, -0.25) is 38.4 Å². The molecule has 0 aliphatic rings. The van der Waals surface area contributed by atoms with E-state index in [-0.39, 0.29) is 77.2 Å². The molecular weight excluding hydrogens is 764 g/mol. The van der Waals surface area contributed by atoms with E-state index in [1.54, 1.807) is 0 Å². The van der Waals surface area contributed by atoms with Gasteiger partial charge in [-0.2, -0.15) is 10.5 Å². The fourth-order valence-electron chi connectivity index (χ4n) is 6.24. The average Bonchev–Trinajstić information content (AvgIpc) is 3.13. The zero-order valence-corrected chi connectivity index (χ0v) is 33.1. The molecule has 58 heavy (non-hydrogen) atoms. The molecule has 306 valence electrons. The third-order valence-electron chi connectivity index (χ3n) is 8.47. The van der Waals surface area contributed by atoms with Crippen LogP contribution in [0.2, 0.25) is 0 Å². The Balaban J connectivity index is 3.03. The zero-order valence-electron chi connectivity index (χ0n) is 33.1. The number of nitriles is 2. The highest BCUT2D eigenvalue weighted by Gasteiger charge is 2.33. The topological polar surface area (TPSA) is 258 Å². The van der Waals surface area contributed by atoms with Gasteiger partial charge < -0.3 is 37.9 Å². The summed E-state index contributed by atoms with van der Waals surface area (Å²) in [5, 5.41) is 22.1. The standard InChI is InChI=1S/C40H40N2O16/c1-19(43)51-11-29-30(12-52-20(2)44)34(16-56-24(6)48)38-28(10-42)40-36(18-58-26(8)50)32(14-54-22(4)46)31(13-53-21(3)45)35(17-57-25(7)49)39(40)27(9-41)37(38)33(29)15-55-23(5)47/h11-18H2,1-8H3. The van der Waals surface area contributed by atoms with E-state index < -0.39 is 101 Å². The van der Waals surface area contributed by atoms with Gasteiger partial charge in [-0.15, -0.1) is 0 Å². The second-order valence-corrected chi connectivity index (χ2v) is 12.5. The van der Waals surface area contributed by atoms with E-state index in [0.29, 0.717) is 0 Å². The van der Waals surface area contributed by atoms with E-state index in [9.17, 15) is 48.9 Å². The van der Waals surface area contributed by atoms with Crippen LogP contribution in [0.3, 0.4) is 0 Å². The molecule has 0 amide bonds.